The molecule has 3 aromatic rings. The van der Waals surface area contributed by atoms with Crippen LogP contribution in [0.15, 0.2) is 54.6 Å². The second-order valence-electron chi connectivity index (χ2n) is 7.33. The fourth-order valence-electron chi connectivity index (χ4n) is 3.62. The van der Waals surface area contributed by atoms with Gasteiger partial charge in [0, 0.05) is 35.6 Å². The monoisotopic (exact) mass is 395 g/mol. The molecule has 4 heterocycles. The van der Waals surface area contributed by atoms with Gasteiger partial charge in [-0.25, -0.2) is 9.97 Å². The van der Waals surface area contributed by atoms with Crippen LogP contribution in [0.1, 0.15) is 41.0 Å². The first-order chi connectivity index (χ1) is 13.7. The minimum absolute atomic E-state index is 0.0734. The van der Waals surface area contributed by atoms with Gasteiger partial charge in [-0.1, -0.05) is 13.0 Å². The van der Waals surface area contributed by atoms with Crippen molar-refractivity contribution in [1.29, 1.82) is 0 Å². The molecule has 146 valence electrons. The molecule has 1 atom stereocenters. The lowest BCUT2D eigenvalue weighted by atomic mass is 9.97. The standard InChI is InChI=1S/C21H25N5OS/c1-16-5-9-25(10-6-16)18(19-3-2-12-28-19)14-24-21(27)17-4-7-23-20(13-17)26-11-8-22-15-26/h2-4,7-8,11-13,15-16,18H,5-6,9-10,14H2,1H3,(H,24,27). The average Bonchev–Trinajstić information content (AvgIpc) is 3.44. The molecule has 3 aromatic heterocycles. The lowest BCUT2D eigenvalue weighted by Crippen LogP contribution is -2.41. The second-order valence-corrected chi connectivity index (χ2v) is 8.31. The fraction of sp³-hybridized carbons (Fsp3) is 0.381. The van der Waals surface area contributed by atoms with E-state index in [0.29, 0.717) is 17.9 Å². The van der Waals surface area contributed by atoms with Gasteiger partial charge in [0.05, 0.1) is 6.04 Å². The molecule has 0 saturated carbocycles. The molecule has 1 aliphatic heterocycles. The van der Waals surface area contributed by atoms with E-state index in [0.717, 1.165) is 19.0 Å². The summed E-state index contributed by atoms with van der Waals surface area (Å²) in [5.74, 6) is 1.40. The number of imidazole rings is 1. The van der Waals surface area contributed by atoms with Crippen molar-refractivity contribution in [2.45, 2.75) is 25.8 Å². The molecule has 0 bridgehead atoms. The normalized spacial score (nSPS) is 16.8. The van der Waals surface area contributed by atoms with E-state index in [9.17, 15) is 4.79 Å². The number of pyridine rings is 1. The minimum Gasteiger partial charge on any atom is -0.350 e. The molecular formula is C21H25N5OS. The van der Waals surface area contributed by atoms with Crippen molar-refractivity contribution in [3.63, 3.8) is 0 Å². The zero-order valence-corrected chi connectivity index (χ0v) is 16.8. The molecule has 28 heavy (non-hydrogen) atoms. The zero-order valence-electron chi connectivity index (χ0n) is 16.0. The maximum Gasteiger partial charge on any atom is 0.251 e. The Labute approximate surface area is 169 Å². The highest BCUT2D eigenvalue weighted by atomic mass is 32.1. The number of thiophene rings is 1. The predicted octanol–water partition coefficient (Wildman–Crippen LogP) is 3.53. The number of hydrogen-bond acceptors (Lipinski definition) is 5. The summed E-state index contributed by atoms with van der Waals surface area (Å²) in [6.45, 7) is 5.09. The number of carbonyl (C=O) groups excluding carboxylic acids is 1. The fourth-order valence-corrected chi connectivity index (χ4v) is 4.48. The highest BCUT2D eigenvalue weighted by Gasteiger charge is 2.25. The molecule has 4 rings (SSSR count). The molecule has 1 N–H and O–H groups in total. The largest absolute Gasteiger partial charge is 0.350 e. The number of nitrogens with zero attached hydrogens (tertiary/aromatic N) is 4. The third-order valence-electron chi connectivity index (χ3n) is 5.36. The minimum atomic E-state index is -0.0734. The summed E-state index contributed by atoms with van der Waals surface area (Å²) in [4.78, 5) is 25.0. The van der Waals surface area contributed by atoms with E-state index in [1.807, 2.05) is 6.20 Å². The lowest BCUT2D eigenvalue weighted by molar-refractivity contribution is 0.0914. The van der Waals surface area contributed by atoms with Crippen LogP contribution in [0.25, 0.3) is 5.82 Å². The van der Waals surface area contributed by atoms with Crippen LogP contribution in [-0.4, -0.2) is 45.0 Å². The van der Waals surface area contributed by atoms with Gasteiger partial charge < -0.3 is 5.32 Å². The topological polar surface area (TPSA) is 63.1 Å². The number of hydrogen-bond donors (Lipinski definition) is 1. The van der Waals surface area contributed by atoms with E-state index in [4.69, 9.17) is 0 Å². The van der Waals surface area contributed by atoms with Gasteiger partial charge in [-0.15, -0.1) is 11.3 Å². The molecule has 6 nitrogen and oxygen atoms in total. The van der Waals surface area contributed by atoms with Crippen LogP contribution in [-0.2, 0) is 0 Å². The molecule has 1 fully saturated rings. The molecule has 1 saturated heterocycles. The van der Waals surface area contributed by atoms with Gasteiger partial charge in [0.25, 0.3) is 5.91 Å². The number of piperidine rings is 1. The number of aromatic nitrogens is 3. The van der Waals surface area contributed by atoms with Crippen LogP contribution in [0, 0.1) is 5.92 Å². The molecule has 0 radical (unpaired) electrons. The Morgan fingerprint density at radius 1 is 1.32 bits per heavy atom. The van der Waals surface area contributed by atoms with Gasteiger partial charge in [-0.3, -0.25) is 14.3 Å². The van der Waals surface area contributed by atoms with Crippen molar-refractivity contribution in [3.05, 3.63) is 65.0 Å². The SMILES string of the molecule is CC1CCN(C(CNC(=O)c2ccnc(-n3ccnc3)c2)c2cccs2)CC1. The Morgan fingerprint density at radius 3 is 2.89 bits per heavy atom. The third kappa shape index (κ3) is 4.31. The maximum atomic E-state index is 12.8. The van der Waals surface area contributed by atoms with Crippen LogP contribution in [0.5, 0.6) is 0 Å². The summed E-state index contributed by atoms with van der Waals surface area (Å²) in [6, 6.07) is 8.02. The predicted molar refractivity (Wildman–Crippen MR) is 111 cm³/mol. The van der Waals surface area contributed by atoms with E-state index in [2.05, 4.69) is 44.6 Å². The molecule has 1 unspecified atom stereocenters. The number of amides is 1. The van der Waals surface area contributed by atoms with Crippen molar-refractivity contribution in [3.8, 4) is 5.82 Å². The van der Waals surface area contributed by atoms with E-state index < -0.39 is 0 Å². The summed E-state index contributed by atoms with van der Waals surface area (Å²) in [6.07, 6.45) is 9.28. The van der Waals surface area contributed by atoms with Crippen molar-refractivity contribution in [2.24, 2.45) is 5.92 Å². The van der Waals surface area contributed by atoms with Crippen molar-refractivity contribution in [2.75, 3.05) is 19.6 Å². The van der Waals surface area contributed by atoms with E-state index in [1.54, 1.807) is 46.8 Å². The number of rotatable bonds is 6. The van der Waals surface area contributed by atoms with Crippen LogP contribution in [0.3, 0.4) is 0 Å². The van der Waals surface area contributed by atoms with Crippen LogP contribution in [0.2, 0.25) is 0 Å². The lowest BCUT2D eigenvalue weighted by Gasteiger charge is -2.36. The first-order valence-electron chi connectivity index (χ1n) is 9.71. The smallest absolute Gasteiger partial charge is 0.251 e. The number of likely N-dealkylation sites (tertiary alicyclic amines) is 1. The van der Waals surface area contributed by atoms with Crippen molar-refractivity contribution in [1.82, 2.24) is 24.8 Å². The van der Waals surface area contributed by atoms with Gasteiger partial charge in [0.15, 0.2) is 0 Å². The Hall–Kier alpha value is -2.51. The molecule has 1 aliphatic rings. The van der Waals surface area contributed by atoms with Crippen molar-refractivity contribution < 1.29 is 4.79 Å². The molecular weight excluding hydrogens is 370 g/mol. The summed E-state index contributed by atoms with van der Waals surface area (Å²) in [5, 5.41) is 5.25. The first kappa shape index (κ1) is 18.8. The summed E-state index contributed by atoms with van der Waals surface area (Å²) < 4.78 is 1.79. The van der Waals surface area contributed by atoms with Gasteiger partial charge in [-0.05, 0) is 55.4 Å². The van der Waals surface area contributed by atoms with Crippen molar-refractivity contribution >= 4 is 17.2 Å². The highest BCUT2D eigenvalue weighted by Crippen LogP contribution is 2.29. The average molecular weight is 396 g/mol. The Morgan fingerprint density at radius 2 is 2.18 bits per heavy atom. The van der Waals surface area contributed by atoms with Gasteiger partial charge in [-0.2, -0.15) is 0 Å². The van der Waals surface area contributed by atoms with Crippen LogP contribution >= 0.6 is 11.3 Å². The second kappa shape index (κ2) is 8.67. The summed E-state index contributed by atoms with van der Waals surface area (Å²) in [5.41, 5.74) is 0.607. The number of carbonyl (C=O) groups is 1. The van der Waals surface area contributed by atoms with E-state index >= 15 is 0 Å². The van der Waals surface area contributed by atoms with E-state index in [1.165, 1.54) is 17.7 Å². The maximum absolute atomic E-state index is 12.8. The quantitative estimate of drug-likeness (QED) is 0.694. The Bertz CT molecular complexity index is 885. The highest BCUT2D eigenvalue weighted by molar-refractivity contribution is 7.10. The van der Waals surface area contributed by atoms with E-state index in [-0.39, 0.29) is 11.9 Å². The molecule has 0 aliphatic carbocycles. The Kier molecular flexibility index (Phi) is 5.83. The van der Waals surface area contributed by atoms with Gasteiger partial charge >= 0.3 is 0 Å². The third-order valence-corrected chi connectivity index (χ3v) is 6.34. The molecule has 0 spiro atoms. The molecule has 7 heteroatoms. The number of nitrogens with one attached hydrogen (secondary N) is 1. The molecule has 0 aromatic carbocycles. The molecule has 1 amide bonds. The van der Waals surface area contributed by atoms with Crippen LogP contribution in [0.4, 0.5) is 0 Å². The zero-order chi connectivity index (χ0) is 19.3. The van der Waals surface area contributed by atoms with Crippen LogP contribution < -0.4 is 5.32 Å². The first-order valence-corrected chi connectivity index (χ1v) is 10.6. The summed E-state index contributed by atoms with van der Waals surface area (Å²) >= 11 is 1.76. The van der Waals surface area contributed by atoms with Gasteiger partial charge in [0.1, 0.15) is 12.1 Å². The van der Waals surface area contributed by atoms with Gasteiger partial charge in [0.2, 0.25) is 0 Å². The Balaban J connectivity index is 1.45. The summed E-state index contributed by atoms with van der Waals surface area (Å²) in [7, 11) is 0.